The fraction of sp³-hybridized carbons (Fsp3) is 0.500. The van der Waals surface area contributed by atoms with Gasteiger partial charge in [0.2, 0.25) is 0 Å². The lowest BCUT2D eigenvalue weighted by Gasteiger charge is -1.81. The molecule has 0 aliphatic carbocycles. The maximum absolute atomic E-state index is 10.0. The molecule has 2 heteroatoms. The van der Waals surface area contributed by atoms with Gasteiger partial charge in [-0.05, 0) is 13.8 Å². The Balaban J connectivity index is 0. The zero-order valence-electron chi connectivity index (χ0n) is 5.02. The van der Waals surface area contributed by atoms with Crippen molar-refractivity contribution in [3.63, 3.8) is 0 Å². The van der Waals surface area contributed by atoms with Crippen molar-refractivity contribution in [3.05, 3.63) is 7.43 Å². The molecule has 2 nitrogen and oxygen atoms in total. The number of ketones is 2. The van der Waals surface area contributed by atoms with Crippen LogP contribution in [-0.2, 0) is 9.59 Å². The van der Waals surface area contributed by atoms with E-state index in [4.69, 9.17) is 0 Å². The summed E-state index contributed by atoms with van der Waals surface area (Å²) in [6, 6.07) is 0. The number of rotatable bonds is 2. The van der Waals surface area contributed by atoms with Gasteiger partial charge in [-0.15, -0.1) is 0 Å². The molecule has 0 aromatic rings. The van der Waals surface area contributed by atoms with Crippen molar-refractivity contribution in [1.29, 1.82) is 0 Å². The van der Waals surface area contributed by atoms with E-state index < -0.39 is 0 Å². The minimum atomic E-state index is -0.0625. The molecule has 0 aromatic carbocycles. The van der Waals surface area contributed by atoms with Crippen LogP contribution in [0.3, 0.4) is 0 Å². The summed E-state index contributed by atoms with van der Waals surface area (Å²) >= 11 is 0. The summed E-state index contributed by atoms with van der Waals surface area (Å²) in [5.41, 5.74) is 0. The molecule has 0 atom stereocenters. The third-order valence-corrected chi connectivity index (χ3v) is 0.498. The van der Waals surface area contributed by atoms with Crippen LogP contribution in [0.5, 0.6) is 0 Å². The highest BCUT2D eigenvalue weighted by atomic mass is 16.1. The number of carbonyl (C=O) groups is 2. The Morgan fingerprint density at radius 2 is 1.38 bits per heavy atom. The fourth-order valence-corrected chi connectivity index (χ4v) is 0.351. The van der Waals surface area contributed by atoms with E-state index in [1.165, 1.54) is 13.8 Å². The Morgan fingerprint density at radius 3 is 1.38 bits per heavy atom. The molecule has 0 N–H and O–H groups in total. The molecule has 0 fully saturated rings. The molecule has 0 aromatic heterocycles. The molecule has 0 spiro atoms. The Bertz CT molecular complexity index is 82.7. The second-order valence-corrected chi connectivity index (χ2v) is 1.58. The summed E-state index contributed by atoms with van der Waals surface area (Å²) in [6.45, 7) is 2.81. The van der Waals surface area contributed by atoms with E-state index in [1.807, 2.05) is 0 Å². The van der Waals surface area contributed by atoms with Crippen LogP contribution in [0.1, 0.15) is 20.3 Å². The highest BCUT2D eigenvalue weighted by Crippen LogP contribution is 1.80. The second kappa shape index (κ2) is 4.50. The van der Waals surface area contributed by atoms with Crippen molar-refractivity contribution in [2.75, 3.05) is 0 Å². The van der Waals surface area contributed by atoms with Gasteiger partial charge >= 0.3 is 0 Å². The van der Waals surface area contributed by atoms with Crippen LogP contribution < -0.4 is 0 Å². The van der Waals surface area contributed by atoms with Gasteiger partial charge in [-0.2, -0.15) is 0 Å². The van der Waals surface area contributed by atoms with E-state index in [0.29, 0.717) is 0 Å². The third kappa shape index (κ3) is 9.02. The summed E-state index contributed by atoms with van der Waals surface area (Å²) in [6.07, 6.45) is 0.0833. The van der Waals surface area contributed by atoms with Gasteiger partial charge in [-0.3, -0.25) is 9.59 Å². The quantitative estimate of drug-likeness (QED) is 0.491. The van der Waals surface area contributed by atoms with Crippen LogP contribution in [0.25, 0.3) is 0 Å². The Labute approximate surface area is 49.9 Å². The van der Waals surface area contributed by atoms with Crippen molar-refractivity contribution in [2.24, 2.45) is 0 Å². The second-order valence-electron chi connectivity index (χ2n) is 1.58. The van der Waals surface area contributed by atoms with Crippen molar-refractivity contribution in [1.82, 2.24) is 0 Å². The number of carbonyl (C=O) groups excluding carboxylic acids is 2. The van der Waals surface area contributed by atoms with Crippen LogP contribution in [0.4, 0.5) is 0 Å². The Hall–Kier alpha value is -0.660. The standard InChI is InChI=1S/C5H8O2.C/c1-4(6)3-5(2)7;/h3H2,1-2H3;. The van der Waals surface area contributed by atoms with Gasteiger partial charge in [0.15, 0.2) is 0 Å². The first-order chi connectivity index (χ1) is 3.13. The summed E-state index contributed by atoms with van der Waals surface area (Å²) in [4.78, 5) is 20.1. The lowest BCUT2D eigenvalue weighted by Crippen LogP contribution is -1.97. The van der Waals surface area contributed by atoms with Crippen LogP contribution in [0.2, 0.25) is 0 Å². The highest BCUT2D eigenvalue weighted by molar-refractivity contribution is 5.96. The summed E-state index contributed by atoms with van der Waals surface area (Å²) in [5, 5.41) is 0. The first kappa shape index (κ1) is 10.3. The molecule has 44 valence electrons. The van der Waals surface area contributed by atoms with Crippen LogP contribution in [-0.4, -0.2) is 11.6 Å². The van der Waals surface area contributed by atoms with Gasteiger partial charge in [0.1, 0.15) is 11.6 Å². The van der Waals surface area contributed by atoms with Crippen molar-refractivity contribution in [3.8, 4) is 0 Å². The minimum Gasteiger partial charge on any atom is -0.300 e. The highest BCUT2D eigenvalue weighted by Gasteiger charge is 1.94. The van der Waals surface area contributed by atoms with E-state index in [0.717, 1.165) is 0 Å². The van der Waals surface area contributed by atoms with E-state index in [-0.39, 0.29) is 25.4 Å². The monoisotopic (exact) mass is 112 g/mol. The molecule has 0 amide bonds. The smallest absolute Gasteiger partial charge is 0.137 e. The number of hydrogen-bond donors (Lipinski definition) is 0. The zero-order chi connectivity index (χ0) is 5.86. The van der Waals surface area contributed by atoms with E-state index in [9.17, 15) is 9.59 Å². The zero-order valence-corrected chi connectivity index (χ0v) is 5.02. The van der Waals surface area contributed by atoms with E-state index in [1.54, 1.807) is 0 Å². The average molecular weight is 112 g/mol. The maximum atomic E-state index is 10.0. The Kier molecular flexibility index (Phi) is 5.82. The Morgan fingerprint density at radius 1 is 1.12 bits per heavy atom. The fourth-order valence-electron chi connectivity index (χ4n) is 0.351. The van der Waals surface area contributed by atoms with Crippen LogP contribution in [0.15, 0.2) is 0 Å². The van der Waals surface area contributed by atoms with Gasteiger partial charge in [-0.25, -0.2) is 0 Å². The lowest BCUT2D eigenvalue weighted by molar-refractivity contribution is -0.124. The molecular weight excluding hydrogens is 104 g/mol. The van der Waals surface area contributed by atoms with Gasteiger partial charge in [0, 0.05) is 7.43 Å². The number of hydrogen-bond acceptors (Lipinski definition) is 2. The lowest BCUT2D eigenvalue weighted by atomic mass is 10.2. The van der Waals surface area contributed by atoms with Gasteiger partial charge in [-0.1, -0.05) is 0 Å². The molecular formula is C6H8O2. The van der Waals surface area contributed by atoms with Crippen molar-refractivity contribution < 1.29 is 9.59 Å². The third-order valence-electron chi connectivity index (χ3n) is 0.498. The summed E-state index contributed by atoms with van der Waals surface area (Å²) < 4.78 is 0. The predicted octanol–water partition coefficient (Wildman–Crippen LogP) is 0.636. The van der Waals surface area contributed by atoms with E-state index in [2.05, 4.69) is 0 Å². The maximum Gasteiger partial charge on any atom is 0.137 e. The SMILES string of the molecule is CC(=O)CC(C)=O.[C]. The molecule has 0 saturated heterocycles. The van der Waals surface area contributed by atoms with Crippen molar-refractivity contribution >= 4 is 11.6 Å². The first-order valence-electron chi connectivity index (χ1n) is 2.12. The topological polar surface area (TPSA) is 34.1 Å². The largest absolute Gasteiger partial charge is 0.300 e. The number of Topliss-reactive ketones (excluding diaryl/α,β-unsaturated/α-hetero) is 2. The molecule has 8 heavy (non-hydrogen) atoms. The predicted molar refractivity (Wildman–Crippen MR) is 29.2 cm³/mol. The molecule has 0 bridgehead atoms. The van der Waals surface area contributed by atoms with Gasteiger partial charge in [0.25, 0.3) is 0 Å². The molecule has 0 aliphatic heterocycles. The van der Waals surface area contributed by atoms with Crippen molar-refractivity contribution in [2.45, 2.75) is 20.3 Å². The van der Waals surface area contributed by atoms with Gasteiger partial charge < -0.3 is 0 Å². The molecule has 0 unspecified atom stereocenters. The molecule has 0 aliphatic rings. The summed E-state index contributed by atoms with van der Waals surface area (Å²) in [7, 11) is 0. The van der Waals surface area contributed by atoms with Crippen LogP contribution >= 0.6 is 0 Å². The molecule has 4 radical (unpaired) electrons. The summed E-state index contributed by atoms with van der Waals surface area (Å²) in [5.74, 6) is -0.125. The van der Waals surface area contributed by atoms with Crippen LogP contribution in [0, 0.1) is 7.43 Å². The average Bonchev–Trinajstić information content (AvgIpc) is 1.27. The molecule has 0 rings (SSSR count). The van der Waals surface area contributed by atoms with Gasteiger partial charge in [0.05, 0.1) is 6.42 Å². The van der Waals surface area contributed by atoms with E-state index >= 15 is 0 Å². The normalized spacial score (nSPS) is 7.25. The first-order valence-corrected chi connectivity index (χ1v) is 2.12. The molecule has 0 saturated carbocycles. The molecule has 0 heterocycles. The minimum absolute atomic E-state index is 0.